The Labute approximate surface area is 247 Å². The highest BCUT2D eigenvalue weighted by molar-refractivity contribution is 7.92. The number of nitrogens with one attached hydrogen (secondary N) is 1. The van der Waals surface area contributed by atoms with Crippen LogP contribution in [0.15, 0.2) is 72.8 Å². The molecule has 0 bridgehead atoms. The highest BCUT2D eigenvalue weighted by Crippen LogP contribution is 2.28. The summed E-state index contributed by atoms with van der Waals surface area (Å²) in [5.41, 5.74) is 2.69. The first kappa shape index (κ1) is 31.5. The number of hydrogen-bond acceptors (Lipinski definition) is 4. The number of anilines is 1. The van der Waals surface area contributed by atoms with Crippen LogP contribution in [0.3, 0.4) is 0 Å². The summed E-state index contributed by atoms with van der Waals surface area (Å²) in [5.74, 6) is -0.936. The van der Waals surface area contributed by atoms with Gasteiger partial charge in [0.15, 0.2) is 0 Å². The molecule has 214 valence electrons. The molecule has 0 saturated heterocycles. The molecule has 0 radical (unpaired) electrons. The zero-order valence-electron chi connectivity index (χ0n) is 23.1. The summed E-state index contributed by atoms with van der Waals surface area (Å²) in [4.78, 5) is 29.1. The summed E-state index contributed by atoms with van der Waals surface area (Å²) >= 11 is 13.0. The van der Waals surface area contributed by atoms with Crippen LogP contribution in [0, 0.1) is 0 Å². The first-order valence-electron chi connectivity index (χ1n) is 13.0. The summed E-state index contributed by atoms with van der Waals surface area (Å²) < 4.78 is 26.8. The molecule has 0 spiro atoms. The van der Waals surface area contributed by atoms with Gasteiger partial charge in [-0.2, -0.15) is 0 Å². The maximum atomic E-state index is 14.1. The Balaban J connectivity index is 2.09. The Bertz CT molecular complexity index is 1390. The molecule has 3 aromatic carbocycles. The molecule has 0 aliphatic rings. The van der Waals surface area contributed by atoms with Crippen molar-refractivity contribution in [1.29, 1.82) is 0 Å². The van der Waals surface area contributed by atoms with Crippen LogP contribution >= 0.6 is 23.2 Å². The highest BCUT2D eigenvalue weighted by atomic mass is 35.5. The average molecular weight is 605 g/mol. The van der Waals surface area contributed by atoms with Crippen LogP contribution in [-0.2, 0) is 39.0 Å². The Hall–Kier alpha value is -3.07. The minimum Gasteiger partial charge on any atom is -0.352 e. The van der Waals surface area contributed by atoms with Crippen molar-refractivity contribution in [2.75, 3.05) is 17.1 Å². The molecular formula is C30H35Cl2N3O4S. The average Bonchev–Trinajstić information content (AvgIpc) is 2.90. The third-order valence-corrected chi connectivity index (χ3v) is 8.25. The minimum absolute atomic E-state index is 0.0905. The number of nitrogens with zero attached hydrogens (tertiary/aromatic N) is 2. The lowest BCUT2D eigenvalue weighted by molar-refractivity contribution is -0.140. The molecule has 10 heteroatoms. The summed E-state index contributed by atoms with van der Waals surface area (Å²) in [6, 6.07) is 20.2. The number of aryl methyl sites for hydroxylation is 1. The van der Waals surface area contributed by atoms with Gasteiger partial charge in [0.2, 0.25) is 21.8 Å². The molecule has 1 N–H and O–H groups in total. The molecule has 0 aromatic heterocycles. The van der Waals surface area contributed by atoms with Crippen molar-refractivity contribution in [3.8, 4) is 0 Å². The maximum Gasteiger partial charge on any atom is 0.244 e. The molecule has 0 aliphatic carbocycles. The lowest BCUT2D eigenvalue weighted by Gasteiger charge is -2.34. The number of amides is 2. The summed E-state index contributed by atoms with van der Waals surface area (Å²) in [5, 5.41) is 3.58. The summed E-state index contributed by atoms with van der Waals surface area (Å²) in [6.07, 6.45) is 2.05. The van der Waals surface area contributed by atoms with E-state index >= 15 is 0 Å². The van der Waals surface area contributed by atoms with Gasteiger partial charge in [-0.15, -0.1) is 0 Å². The molecule has 1 atom stereocenters. The lowest BCUT2D eigenvalue weighted by atomic mass is 10.0. The van der Waals surface area contributed by atoms with E-state index in [1.54, 1.807) is 30.3 Å². The summed E-state index contributed by atoms with van der Waals surface area (Å²) in [6.45, 7) is 5.07. The smallest absolute Gasteiger partial charge is 0.244 e. The highest BCUT2D eigenvalue weighted by Gasteiger charge is 2.34. The Morgan fingerprint density at radius 2 is 1.48 bits per heavy atom. The Morgan fingerprint density at radius 3 is 2.00 bits per heavy atom. The second-order valence-corrected chi connectivity index (χ2v) is 12.6. The molecule has 0 heterocycles. The van der Waals surface area contributed by atoms with Gasteiger partial charge in [-0.05, 0) is 55.7 Å². The van der Waals surface area contributed by atoms with Crippen molar-refractivity contribution >= 4 is 50.7 Å². The van der Waals surface area contributed by atoms with Crippen LogP contribution in [0.2, 0.25) is 10.0 Å². The molecule has 0 unspecified atom stereocenters. The monoisotopic (exact) mass is 603 g/mol. The molecule has 7 nitrogen and oxygen atoms in total. The van der Waals surface area contributed by atoms with Gasteiger partial charge in [0.25, 0.3) is 0 Å². The van der Waals surface area contributed by atoms with Gasteiger partial charge >= 0.3 is 0 Å². The zero-order valence-corrected chi connectivity index (χ0v) is 25.4. The molecule has 0 saturated carbocycles. The van der Waals surface area contributed by atoms with E-state index in [0.29, 0.717) is 21.3 Å². The molecule has 2 amide bonds. The van der Waals surface area contributed by atoms with Crippen molar-refractivity contribution in [1.82, 2.24) is 10.2 Å². The second-order valence-electron chi connectivity index (χ2n) is 9.88. The number of hydrogen-bond donors (Lipinski definition) is 1. The van der Waals surface area contributed by atoms with Crippen molar-refractivity contribution in [2.24, 2.45) is 0 Å². The standard InChI is InChI=1S/C30H35Cl2N3O4S/c1-5-22-14-16-24(17-15-22)35(40(4,38)39)20-29(36)34(19-25-26(31)12-9-13-27(25)32)28(30(37)33-21(2)3)18-23-10-7-6-8-11-23/h6-17,21,28H,5,18-20H2,1-4H3,(H,33,37)/t28-/m1/s1. The molecule has 40 heavy (non-hydrogen) atoms. The fourth-order valence-electron chi connectivity index (χ4n) is 4.30. The molecule has 3 aromatic rings. The van der Waals surface area contributed by atoms with Crippen LogP contribution in [0.25, 0.3) is 0 Å². The van der Waals surface area contributed by atoms with Crippen LogP contribution in [0.4, 0.5) is 5.69 Å². The van der Waals surface area contributed by atoms with Gasteiger partial charge in [-0.1, -0.05) is 78.7 Å². The number of halogens is 2. The van der Waals surface area contributed by atoms with Crippen molar-refractivity contribution < 1.29 is 18.0 Å². The van der Waals surface area contributed by atoms with E-state index in [2.05, 4.69) is 5.32 Å². The van der Waals surface area contributed by atoms with Crippen LogP contribution in [0.5, 0.6) is 0 Å². The molecular weight excluding hydrogens is 569 g/mol. The number of carbonyl (C=O) groups is 2. The van der Waals surface area contributed by atoms with E-state index in [0.717, 1.165) is 28.1 Å². The fourth-order valence-corrected chi connectivity index (χ4v) is 5.67. The van der Waals surface area contributed by atoms with Gasteiger partial charge in [-0.25, -0.2) is 8.42 Å². The summed E-state index contributed by atoms with van der Waals surface area (Å²) in [7, 11) is -3.85. The zero-order chi connectivity index (χ0) is 29.4. The SMILES string of the molecule is CCc1ccc(N(CC(=O)N(Cc2c(Cl)cccc2Cl)[C@H](Cc2ccccc2)C(=O)NC(C)C)S(C)(=O)=O)cc1. The van der Waals surface area contributed by atoms with E-state index in [1.165, 1.54) is 4.90 Å². The fraction of sp³-hybridized carbons (Fsp3) is 0.333. The topological polar surface area (TPSA) is 86.8 Å². The van der Waals surface area contributed by atoms with Crippen molar-refractivity contribution in [3.05, 3.63) is 99.5 Å². The van der Waals surface area contributed by atoms with Crippen LogP contribution < -0.4 is 9.62 Å². The quantitative estimate of drug-likeness (QED) is 0.297. The van der Waals surface area contributed by atoms with Gasteiger partial charge < -0.3 is 10.2 Å². The number of rotatable bonds is 12. The Morgan fingerprint density at radius 1 is 0.875 bits per heavy atom. The van der Waals surface area contributed by atoms with Gasteiger partial charge in [0, 0.05) is 34.6 Å². The predicted octanol–water partition coefficient (Wildman–Crippen LogP) is 5.49. The molecule has 3 rings (SSSR count). The van der Waals surface area contributed by atoms with E-state index in [4.69, 9.17) is 23.2 Å². The molecule has 0 fully saturated rings. The van der Waals surface area contributed by atoms with Crippen molar-refractivity contribution in [3.63, 3.8) is 0 Å². The van der Waals surface area contributed by atoms with Gasteiger partial charge in [-0.3, -0.25) is 13.9 Å². The third-order valence-electron chi connectivity index (χ3n) is 6.40. The van der Waals surface area contributed by atoms with Crippen LogP contribution in [-0.4, -0.2) is 50.0 Å². The first-order valence-corrected chi connectivity index (χ1v) is 15.6. The van der Waals surface area contributed by atoms with E-state index in [1.807, 2.05) is 63.2 Å². The third kappa shape index (κ3) is 8.46. The Kier molecular flexibility index (Phi) is 11.0. The van der Waals surface area contributed by atoms with Gasteiger partial charge in [0.1, 0.15) is 12.6 Å². The van der Waals surface area contributed by atoms with Crippen LogP contribution in [0.1, 0.15) is 37.5 Å². The maximum absolute atomic E-state index is 14.1. The number of sulfonamides is 1. The van der Waals surface area contributed by atoms with E-state index in [9.17, 15) is 18.0 Å². The number of benzene rings is 3. The van der Waals surface area contributed by atoms with E-state index < -0.39 is 28.5 Å². The second kappa shape index (κ2) is 14.0. The normalized spacial score (nSPS) is 12.2. The molecule has 0 aliphatic heterocycles. The minimum atomic E-state index is -3.85. The largest absolute Gasteiger partial charge is 0.352 e. The lowest BCUT2D eigenvalue weighted by Crippen LogP contribution is -2.54. The van der Waals surface area contributed by atoms with E-state index in [-0.39, 0.29) is 24.9 Å². The first-order chi connectivity index (χ1) is 18.9. The van der Waals surface area contributed by atoms with Gasteiger partial charge in [0.05, 0.1) is 11.9 Å². The predicted molar refractivity (Wildman–Crippen MR) is 162 cm³/mol. The number of carbonyl (C=O) groups excluding carboxylic acids is 2. The van der Waals surface area contributed by atoms with Crippen molar-refractivity contribution in [2.45, 2.75) is 52.2 Å².